The van der Waals surface area contributed by atoms with E-state index in [1.165, 1.54) is 17.8 Å². The Morgan fingerprint density at radius 1 is 1.35 bits per heavy atom. The van der Waals surface area contributed by atoms with Crippen molar-refractivity contribution in [3.8, 4) is 0 Å². The highest BCUT2D eigenvalue weighted by molar-refractivity contribution is 7.18. The first-order chi connectivity index (χ1) is 9.54. The lowest BCUT2D eigenvalue weighted by Gasteiger charge is -2.05. The van der Waals surface area contributed by atoms with Gasteiger partial charge in [-0.2, -0.15) is 0 Å². The van der Waals surface area contributed by atoms with Crippen molar-refractivity contribution in [2.45, 2.75) is 46.5 Å². The lowest BCUT2D eigenvalue weighted by atomic mass is 10.1. The van der Waals surface area contributed by atoms with E-state index in [-0.39, 0.29) is 5.91 Å². The Hall–Kier alpha value is -1.30. The van der Waals surface area contributed by atoms with E-state index >= 15 is 0 Å². The predicted octanol–water partition coefficient (Wildman–Crippen LogP) is 3.10. The van der Waals surface area contributed by atoms with Crippen molar-refractivity contribution in [3.63, 3.8) is 0 Å². The molecular formula is C14H26N4OS. The monoisotopic (exact) mass is 298 g/mol. The smallest absolute Gasteiger partial charge is 0.265 e. The first-order valence-electron chi connectivity index (χ1n) is 7.33. The molecule has 1 aromatic rings. The van der Waals surface area contributed by atoms with Crippen molar-refractivity contribution in [2.75, 3.05) is 24.1 Å². The van der Waals surface area contributed by atoms with E-state index in [1.54, 1.807) is 0 Å². The van der Waals surface area contributed by atoms with Gasteiger partial charge in [0.1, 0.15) is 10.7 Å². The minimum atomic E-state index is -0.117. The highest BCUT2D eigenvalue weighted by Gasteiger charge is 2.15. The van der Waals surface area contributed by atoms with E-state index in [9.17, 15) is 4.79 Å². The van der Waals surface area contributed by atoms with E-state index in [0.29, 0.717) is 22.4 Å². The third kappa shape index (κ3) is 5.77. The van der Waals surface area contributed by atoms with Gasteiger partial charge in [-0.15, -0.1) is 0 Å². The van der Waals surface area contributed by atoms with E-state index in [0.717, 1.165) is 31.7 Å². The Bertz CT molecular complexity index is 417. The number of thiazole rings is 1. The van der Waals surface area contributed by atoms with Crippen molar-refractivity contribution < 1.29 is 4.79 Å². The van der Waals surface area contributed by atoms with Gasteiger partial charge in [0.05, 0.1) is 0 Å². The fourth-order valence-electron chi connectivity index (χ4n) is 1.76. The number of carbonyl (C=O) groups is 1. The zero-order chi connectivity index (χ0) is 15.0. The van der Waals surface area contributed by atoms with Crippen LogP contribution < -0.4 is 16.4 Å². The molecule has 0 aliphatic rings. The maximum absolute atomic E-state index is 12.0. The van der Waals surface area contributed by atoms with Crippen LogP contribution in [0.5, 0.6) is 0 Å². The van der Waals surface area contributed by atoms with Crippen LogP contribution in [0.25, 0.3) is 0 Å². The molecule has 0 atom stereocenters. The van der Waals surface area contributed by atoms with Crippen molar-refractivity contribution in [3.05, 3.63) is 4.88 Å². The average Bonchev–Trinajstić information content (AvgIpc) is 2.76. The summed E-state index contributed by atoms with van der Waals surface area (Å²) in [6, 6.07) is 0. The molecule has 0 saturated heterocycles. The fourth-order valence-corrected chi connectivity index (χ4v) is 2.59. The number of anilines is 2. The largest absolute Gasteiger partial charge is 0.382 e. The summed E-state index contributed by atoms with van der Waals surface area (Å²) in [5, 5.41) is 6.77. The number of hydrogen-bond acceptors (Lipinski definition) is 5. The summed E-state index contributed by atoms with van der Waals surface area (Å²) >= 11 is 1.32. The van der Waals surface area contributed by atoms with Crippen LogP contribution >= 0.6 is 11.3 Å². The molecule has 0 spiro atoms. The van der Waals surface area contributed by atoms with Crippen molar-refractivity contribution in [1.29, 1.82) is 0 Å². The summed E-state index contributed by atoms with van der Waals surface area (Å²) in [5.74, 6) is 0.914. The second-order valence-electron chi connectivity index (χ2n) is 5.31. The molecule has 0 bridgehead atoms. The Labute approximate surface area is 125 Å². The first kappa shape index (κ1) is 16.8. The lowest BCUT2D eigenvalue weighted by molar-refractivity contribution is 0.0957. The predicted molar refractivity (Wildman–Crippen MR) is 86.3 cm³/mol. The molecule has 1 rings (SSSR count). The molecule has 0 aliphatic heterocycles. The molecule has 1 heterocycles. The zero-order valence-corrected chi connectivity index (χ0v) is 13.5. The van der Waals surface area contributed by atoms with E-state index in [2.05, 4.69) is 36.4 Å². The molecule has 5 nitrogen and oxygen atoms in total. The number of rotatable bonds is 9. The number of amides is 1. The van der Waals surface area contributed by atoms with Gasteiger partial charge in [-0.05, 0) is 18.8 Å². The fraction of sp³-hybridized carbons (Fsp3) is 0.714. The lowest BCUT2D eigenvalue weighted by Crippen LogP contribution is -2.24. The minimum Gasteiger partial charge on any atom is -0.382 e. The Morgan fingerprint density at radius 2 is 2.10 bits per heavy atom. The number of nitrogen functional groups attached to an aromatic ring is 1. The number of nitrogens with one attached hydrogen (secondary N) is 2. The van der Waals surface area contributed by atoms with Gasteiger partial charge in [0.15, 0.2) is 5.13 Å². The maximum Gasteiger partial charge on any atom is 0.265 e. The summed E-state index contributed by atoms with van der Waals surface area (Å²) < 4.78 is 0. The normalized spacial score (nSPS) is 10.8. The Kier molecular flexibility index (Phi) is 7.36. The van der Waals surface area contributed by atoms with Crippen LogP contribution in [0.2, 0.25) is 0 Å². The van der Waals surface area contributed by atoms with Gasteiger partial charge in [-0.3, -0.25) is 4.79 Å². The summed E-state index contributed by atoms with van der Waals surface area (Å²) in [5.41, 5.74) is 5.78. The Balaban J connectivity index is 2.37. The van der Waals surface area contributed by atoms with Crippen LogP contribution in [-0.2, 0) is 0 Å². The molecule has 20 heavy (non-hydrogen) atoms. The zero-order valence-electron chi connectivity index (χ0n) is 12.7. The van der Waals surface area contributed by atoms with Crippen LogP contribution in [0.1, 0.15) is 56.1 Å². The molecule has 0 aliphatic carbocycles. The van der Waals surface area contributed by atoms with Crippen LogP contribution in [-0.4, -0.2) is 24.0 Å². The number of unbranched alkanes of at least 4 members (excludes halogenated alkanes) is 1. The molecule has 0 aromatic carbocycles. The van der Waals surface area contributed by atoms with Crippen LogP contribution in [0, 0.1) is 5.92 Å². The molecule has 1 amide bonds. The van der Waals surface area contributed by atoms with Gasteiger partial charge in [0.25, 0.3) is 5.91 Å². The standard InChI is InChI=1S/C14H26N4OS/c1-4-8-17-14-18-12(15)11(20-14)13(19)16-9-6-5-7-10(2)3/h10H,4-9,15H2,1-3H3,(H,16,19)(H,17,18). The Morgan fingerprint density at radius 3 is 2.75 bits per heavy atom. The molecule has 114 valence electrons. The van der Waals surface area contributed by atoms with Crippen LogP contribution in [0.15, 0.2) is 0 Å². The minimum absolute atomic E-state index is 0.117. The van der Waals surface area contributed by atoms with Crippen molar-refractivity contribution in [2.24, 2.45) is 5.92 Å². The summed E-state index contributed by atoms with van der Waals surface area (Å²) in [6.07, 6.45) is 4.35. The quantitative estimate of drug-likeness (QED) is 0.612. The molecule has 0 radical (unpaired) electrons. The highest BCUT2D eigenvalue weighted by Crippen LogP contribution is 2.24. The van der Waals surface area contributed by atoms with Gasteiger partial charge in [-0.25, -0.2) is 4.98 Å². The molecule has 1 aromatic heterocycles. The van der Waals surface area contributed by atoms with Crippen molar-refractivity contribution >= 4 is 28.2 Å². The third-order valence-corrected chi connectivity index (χ3v) is 3.91. The third-order valence-electron chi connectivity index (χ3n) is 2.88. The van der Waals surface area contributed by atoms with Crippen molar-refractivity contribution in [1.82, 2.24) is 10.3 Å². The molecular weight excluding hydrogens is 272 g/mol. The number of carbonyl (C=O) groups excluding carboxylic acids is 1. The number of hydrogen-bond donors (Lipinski definition) is 3. The topological polar surface area (TPSA) is 80.0 Å². The second kappa shape index (κ2) is 8.79. The van der Waals surface area contributed by atoms with Gasteiger partial charge in [0, 0.05) is 13.1 Å². The number of nitrogens with zero attached hydrogens (tertiary/aromatic N) is 1. The first-order valence-corrected chi connectivity index (χ1v) is 8.14. The van der Waals surface area contributed by atoms with E-state index in [4.69, 9.17) is 5.73 Å². The van der Waals surface area contributed by atoms with Gasteiger partial charge in [0.2, 0.25) is 0 Å². The molecule has 4 N–H and O–H groups in total. The average molecular weight is 298 g/mol. The van der Waals surface area contributed by atoms with Gasteiger partial charge >= 0.3 is 0 Å². The molecule has 0 unspecified atom stereocenters. The summed E-state index contributed by atoms with van der Waals surface area (Å²) in [4.78, 5) is 16.7. The van der Waals surface area contributed by atoms with E-state index < -0.39 is 0 Å². The van der Waals surface area contributed by atoms with Gasteiger partial charge in [-0.1, -0.05) is 44.9 Å². The van der Waals surface area contributed by atoms with Gasteiger partial charge < -0.3 is 16.4 Å². The van der Waals surface area contributed by atoms with Crippen LogP contribution in [0.4, 0.5) is 10.9 Å². The second-order valence-corrected chi connectivity index (χ2v) is 6.30. The maximum atomic E-state index is 12.0. The highest BCUT2D eigenvalue weighted by atomic mass is 32.1. The summed E-state index contributed by atoms with van der Waals surface area (Å²) in [7, 11) is 0. The molecule has 0 fully saturated rings. The SMILES string of the molecule is CCCNc1nc(N)c(C(=O)NCCCCC(C)C)s1. The molecule has 6 heteroatoms. The number of nitrogens with two attached hydrogens (primary N) is 1. The molecule has 0 saturated carbocycles. The number of aromatic nitrogens is 1. The van der Waals surface area contributed by atoms with E-state index in [1.807, 2.05) is 0 Å². The summed E-state index contributed by atoms with van der Waals surface area (Å²) in [6.45, 7) is 8.03. The van der Waals surface area contributed by atoms with Crippen LogP contribution in [0.3, 0.4) is 0 Å².